The fourth-order valence-corrected chi connectivity index (χ4v) is 5.33. The minimum atomic E-state index is -3.83. The number of carbonyl (C=O) groups is 1. The molecule has 0 bridgehead atoms. The van der Waals surface area contributed by atoms with E-state index < -0.39 is 10.0 Å². The lowest BCUT2D eigenvalue weighted by Gasteiger charge is -2.36. The number of benzene rings is 3. The molecule has 1 N–H and O–H groups in total. The number of para-hydroxylation sites is 2. The van der Waals surface area contributed by atoms with Crippen LogP contribution in [0.3, 0.4) is 0 Å². The van der Waals surface area contributed by atoms with Gasteiger partial charge in [-0.25, -0.2) is 8.42 Å². The summed E-state index contributed by atoms with van der Waals surface area (Å²) >= 11 is 6.32. The molecule has 1 heterocycles. The van der Waals surface area contributed by atoms with E-state index in [4.69, 9.17) is 11.6 Å². The average Bonchev–Trinajstić information content (AvgIpc) is 2.81. The Hall–Kier alpha value is -3.03. The summed E-state index contributed by atoms with van der Waals surface area (Å²) in [6.45, 7) is 6.02. The first kappa shape index (κ1) is 23.1. The van der Waals surface area contributed by atoms with E-state index in [1.165, 1.54) is 12.1 Å². The van der Waals surface area contributed by atoms with Gasteiger partial charge in [0, 0.05) is 31.7 Å². The molecule has 1 fully saturated rings. The molecule has 0 spiro atoms. The van der Waals surface area contributed by atoms with Gasteiger partial charge in [-0.1, -0.05) is 48.0 Å². The van der Waals surface area contributed by atoms with Crippen LogP contribution in [0.2, 0.25) is 5.02 Å². The van der Waals surface area contributed by atoms with Gasteiger partial charge in [0.25, 0.3) is 15.9 Å². The normalized spacial score (nSPS) is 14.3. The number of carbonyl (C=O) groups excluding carboxylic acids is 1. The summed E-state index contributed by atoms with van der Waals surface area (Å²) in [4.78, 5) is 17.3. The molecule has 1 aliphatic rings. The zero-order valence-corrected chi connectivity index (χ0v) is 20.2. The Balaban J connectivity index is 1.51. The predicted octanol–water partition coefficient (Wildman–Crippen LogP) is 4.72. The maximum Gasteiger partial charge on any atom is 0.261 e. The molecule has 172 valence electrons. The summed E-state index contributed by atoms with van der Waals surface area (Å²) in [6, 6.07) is 19.5. The van der Waals surface area contributed by atoms with Crippen molar-refractivity contribution in [3.05, 3.63) is 88.4 Å². The molecule has 0 radical (unpaired) electrons. The molecular formula is C25H26ClN3O3S. The molecule has 1 amide bonds. The molecular weight excluding hydrogens is 458 g/mol. The molecule has 0 saturated carbocycles. The lowest BCUT2D eigenvalue weighted by Crippen LogP contribution is -2.49. The second-order valence-corrected chi connectivity index (χ2v) is 10.2. The van der Waals surface area contributed by atoms with Gasteiger partial charge in [-0.05, 0) is 55.3 Å². The van der Waals surface area contributed by atoms with Crippen molar-refractivity contribution in [1.29, 1.82) is 0 Å². The first-order chi connectivity index (χ1) is 15.8. The van der Waals surface area contributed by atoms with Crippen molar-refractivity contribution in [2.75, 3.05) is 35.8 Å². The highest BCUT2D eigenvalue weighted by Crippen LogP contribution is 2.27. The Morgan fingerprint density at radius 2 is 1.55 bits per heavy atom. The summed E-state index contributed by atoms with van der Waals surface area (Å²) in [6.07, 6.45) is 0. The molecule has 1 aliphatic heterocycles. The molecule has 33 heavy (non-hydrogen) atoms. The molecule has 0 aliphatic carbocycles. The van der Waals surface area contributed by atoms with E-state index in [1.807, 2.05) is 50.2 Å². The van der Waals surface area contributed by atoms with Gasteiger partial charge in [-0.15, -0.1) is 0 Å². The Labute approximate surface area is 199 Å². The molecule has 0 unspecified atom stereocenters. The Morgan fingerprint density at radius 3 is 2.24 bits per heavy atom. The van der Waals surface area contributed by atoms with Crippen molar-refractivity contribution in [3.8, 4) is 0 Å². The molecule has 0 aromatic heterocycles. The van der Waals surface area contributed by atoms with Crippen molar-refractivity contribution < 1.29 is 13.2 Å². The van der Waals surface area contributed by atoms with Crippen molar-refractivity contribution in [2.24, 2.45) is 0 Å². The van der Waals surface area contributed by atoms with E-state index in [2.05, 4.69) is 9.62 Å². The molecule has 3 aromatic carbocycles. The minimum Gasteiger partial charge on any atom is -0.367 e. The van der Waals surface area contributed by atoms with Gasteiger partial charge < -0.3 is 9.80 Å². The number of halogens is 1. The van der Waals surface area contributed by atoms with Gasteiger partial charge in [-0.2, -0.15) is 0 Å². The third-order valence-corrected chi connectivity index (χ3v) is 7.58. The van der Waals surface area contributed by atoms with E-state index in [0.717, 1.165) is 16.8 Å². The van der Waals surface area contributed by atoms with Gasteiger partial charge in [0.2, 0.25) is 0 Å². The minimum absolute atomic E-state index is 0.0643. The number of nitrogens with one attached hydrogen (secondary N) is 1. The topological polar surface area (TPSA) is 69.7 Å². The van der Waals surface area contributed by atoms with Crippen LogP contribution in [0, 0.1) is 13.8 Å². The number of anilines is 2. The zero-order chi connectivity index (χ0) is 23.6. The van der Waals surface area contributed by atoms with Crippen LogP contribution in [-0.2, 0) is 10.0 Å². The highest BCUT2D eigenvalue weighted by atomic mass is 35.5. The molecule has 1 saturated heterocycles. The van der Waals surface area contributed by atoms with Gasteiger partial charge in [-0.3, -0.25) is 9.52 Å². The maximum absolute atomic E-state index is 13.3. The maximum atomic E-state index is 13.3. The SMILES string of the molecule is Cc1ccccc1NS(=O)(=O)c1ccc(C)c(C(=O)N2CCN(c3ccccc3Cl)CC2)c1. The van der Waals surface area contributed by atoms with Crippen molar-refractivity contribution in [2.45, 2.75) is 18.7 Å². The van der Waals surface area contributed by atoms with E-state index in [1.54, 1.807) is 23.1 Å². The third kappa shape index (κ3) is 4.99. The van der Waals surface area contributed by atoms with Crippen LogP contribution < -0.4 is 9.62 Å². The van der Waals surface area contributed by atoms with Crippen LogP contribution in [0.15, 0.2) is 71.6 Å². The quantitative estimate of drug-likeness (QED) is 0.570. The largest absolute Gasteiger partial charge is 0.367 e. The van der Waals surface area contributed by atoms with Gasteiger partial charge in [0.15, 0.2) is 0 Å². The van der Waals surface area contributed by atoms with Crippen LogP contribution in [-0.4, -0.2) is 45.4 Å². The average molecular weight is 484 g/mol. The second-order valence-electron chi connectivity index (χ2n) is 8.13. The van der Waals surface area contributed by atoms with Crippen LogP contribution in [0.5, 0.6) is 0 Å². The van der Waals surface area contributed by atoms with Crippen molar-refractivity contribution >= 4 is 38.9 Å². The number of aryl methyl sites for hydroxylation is 2. The number of amides is 1. The van der Waals surface area contributed by atoms with Gasteiger partial charge >= 0.3 is 0 Å². The first-order valence-electron chi connectivity index (χ1n) is 10.7. The molecule has 6 nitrogen and oxygen atoms in total. The highest BCUT2D eigenvalue weighted by Gasteiger charge is 2.26. The first-order valence-corrected chi connectivity index (χ1v) is 12.6. The predicted molar refractivity (Wildman–Crippen MR) is 133 cm³/mol. The van der Waals surface area contributed by atoms with Crippen LogP contribution in [0.4, 0.5) is 11.4 Å². The summed E-state index contributed by atoms with van der Waals surface area (Å²) < 4.78 is 28.6. The summed E-state index contributed by atoms with van der Waals surface area (Å²) in [7, 11) is -3.83. The number of hydrogen-bond acceptors (Lipinski definition) is 4. The molecule has 4 rings (SSSR count). The van der Waals surface area contributed by atoms with E-state index in [9.17, 15) is 13.2 Å². The van der Waals surface area contributed by atoms with E-state index in [-0.39, 0.29) is 10.8 Å². The Kier molecular flexibility index (Phi) is 6.63. The molecule has 8 heteroatoms. The number of nitrogens with zero attached hydrogens (tertiary/aromatic N) is 2. The van der Waals surface area contributed by atoms with Gasteiger partial charge in [0.05, 0.1) is 21.3 Å². The molecule has 3 aromatic rings. The van der Waals surface area contributed by atoms with E-state index in [0.29, 0.717) is 42.5 Å². The lowest BCUT2D eigenvalue weighted by atomic mass is 10.1. The van der Waals surface area contributed by atoms with Crippen LogP contribution in [0.1, 0.15) is 21.5 Å². The Bertz CT molecular complexity index is 1290. The second kappa shape index (κ2) is 9.45. The fourth-order valence-electron chi connectivity index (χ4n) is 3.92. The monoisotopic (exact) mass is 483 g/mol. The number of sulfonamides is 1. The zero-order valence-electron chi connectivity index (χ0n) is 18.6. The smallest absolute Gasteiger partial charge is 0.261 e. The lowest BCUT2D eigenvalue weighted by molar-refractivity contribution is 0.0746. The Morgan fingerprint density at radius 1 is 0.879 bits per heavy atom. The fraction of sp³-hybridized carbons (Fsp3) is 0.240. The van der Waals surface area contributed by atoms with Crippen LogP contribution in [0.25, 0.3) is 0 Å². The summed E-state index contributed by atoms with van der Waals surface area (Å²) in [5.41, 5.74) is 3.43. The van der Waals surface area contributed by atoms with Gasteiger partial charge in [0.1, 0.15) is 0 Å². The highest BCUT2D eigenvalue weighted by molar-refractivity contribution is 7.92. The molecule has 0 atom stereocenters. The number of hydrogen-bond donors (Lipinski definition) is 1. The number of piperazine rings is 1. The summed E-state index contributed by atoms with van der Waals surface area (Å²) in [5.74, 6) is -0.167. The summed E-state index contributed by atoms with van der Waals surface area (Å²) in [5, 5.41) is 0.687. The third-order valence-electron chi connectivity index (χ3n) is 5.90. The standard InChI is InChI=1S/C25H26ClN3O3S/c1-18-11-12-20(33(31,32)27-23-9-5-3-7-19(23)2)17-21(18)25(30)29-15-13-28(14-16-29)24-10-6-4-8-22(24)26/h3-12,17,27H,13-16H2,1-2H3. The van der Waals surface area contributed by atoms with E-state index >= 15 is 0 Å². The van der Waals surface area contributed by atoms with Crippen molar-refractivity contribution in [3.63, 3.8) is 0 Å². The van der Waals surface area contributed by atoms with Crippen molar-refractivity contribution in [1.82, 2.24) is 4.90 Å². The number of rotatable bonds is 5. The van der Waals surface area contributed by atoms with Crippen LogP contribution >= 0.6 is 11.6 Å².